The highest BCUT2D eigenvalue weighted by molar-refractivity contribution is 7.89. The zero-order chi connectivity index (χ0) is 16.2. The second-order valence-electron chi connectivity index (χ2n) is 4.57. The van der Waals surface area contributed by atoms with Gasteiger partial charge in [0.15, 0.2) is 0 Å². The molecule has 0 spiro atoms. The molecule has 2 amide bonds. The normalized spacial score (nSPS) is 11.2. The summed E-state index contributed by atoms with van der Waals surface area (Å²) in [4.78, 5) is 13.1. The molecule has 22 heavy (non-hydrogen) atoms. The monoisotopic (exact) mass is 339 g/mol. The van der Waals surface area contributed by atoms with Crippen molar-refractivity contribution in [3.63, 3.8) is 0 Å². The molecule has 0 aliphatic heterocycles. The molecule has 0 fully saturated rings. The average molecular weight is 339 g/mol. The molecule has 0 bridgehead atoms. The number of urea groups is 1. The van der Waals surface area contributed by atoms with Crippen molar-refractivity contribution in [2.24, 2.45) is 0 Å². The number of amides is 2. The van der Waals surface area contributed by atoms with Gasteiger partial charge in [0.25, 0.3) is 0 Å². The number of aryl methyl sites for hydroxylation is 1. The zero-order valence-corrected chi connectivity index (χ0v) is 13.8. The molecule has 3 N–H and O–H groups in total. The van der Waals surface area contributed by atoms with Crippen LogP contribution in [0.2, 0.25) is 0 Å². The van der Waals surface area contributed by atoms with Crippen LogP contribution < -0.4 is 15.4 Å². The lowest BCUT2D eigenvalue weighted by atomic mass is 10.2. The number of nitrogens with one attached hydrogen (secondary N) is 3. The van der Waals surface area contributed by atoms with E-state index >= 15 is 0 Å². The standard InChI is InChI=1S/C14H17N3O3S2/c1-10-5-6-12(22(19,20)15-2)8-13(10)17-14(18)16-9-11-4-3-7-21-11/h3-8,15H,9H2,1-2H3,(H2,16,17,18). The molecular weight excluding hydrogens is 322 g/mol. The van der Waals surface area contributed by atoms with Gasteiger partial charge in [0.05, 0.1) is 11.4 Å². The Kier molecular flexibility index (Phi) is 5.17. The fourth-order valence-corrected chi connectivity index (χ4v) is 3.17. The molecule has 2 rings (SSSR count). The highest BCUT2D eigenvalue weighted by Gasteiger charge is 2.14. The van der Waals surface area contributed by atoms with Gasteiger partial charge in [0.2, 0.25) is 10.0 Å². The van der Waals surface area contributed by atoms with Crippen LogP contribution in [0.25, 0.3) is 0 Å². The first kappa shape index (κ1) is 16.5. The van der Waals surface area contributed by atoms with E-state index < -0.39 is 10.0 Å². The topological polar surface area (TPSA) is 87.3 Å². The second-order valence-corrected chi connectivity index (χ2v) is 7.49. The van der Waals surface area contributed by atoms with E-state index in [1.54, 1.807) is 24.3 Å². The Morgan fingerprint density at radius 3 is 2.68 bits per heavy atom. The Morgan fingerprint density at radius 1 is 1.27 bits per heavy atom. The van der Waals surface area contributed by atoms with Gasteiger partial charge < -0.3 is 10.6 Å². The van der Waals surface area contributed by atoms with Crippen molar-refractivity contribution in [1.29, 1.82) is 0 Å². The van der Waals surface area contributed by atoms with Gasteiger partial charge in [0.1, 0.15) is 0 Å². The largest absolute Gasteiger partial charge is 0.333 e. The Balaban J connectivity index is 2.08. The third-order valence-electron chi connectivity index (χ3n) is 3.04. The highest BCUT2D eigenvalue weighted by atomic mass is 32.2. The lowest BCUT2D eigenvalue weighted by Crippen LogP contribution is -2.28. The maximum Gasteiger partial charge on any atom is 0.319 e. The van der Waals surface area contributed by atoms with Crippen LogP contribution in [0, 0.1) is 6.92 Å². The number of carbonyl (C=O) groups is 1. The van der Waals surface area contributed by atoms with Gasteiger partial charge in [-0.25, -0.2) is 17.9 Å². The van der Waals surface area contributed by atoms with Crippen LogP contribution >= 0.6 is 11.3 Å². The predicted molar refractivity (Wildman–Crippen MR) is 87.6 cm³/mol. The van der Waals surface area contributed by atoms with E-state index in [0.717, 1.165) is 10.4 Å². The van der Waals surface area contributed by atoms with Crippen molar-refractivity contribution in [2.75, 3.05) is 12.4 Å². The van der Waals surface area contributed by atoms with E-state index in [-0.39, 0.29) is 10.9 Å². The summed E-state index contributed by atoms with van der Waals surface area (Å²) >= 11 is 1.55. The molecule has 0 radical (unpaired) electrons. The lowest BCUT2D eigenvalue weighted by Gasteiger charge is -2.11. The number of carbonyl (C=O) groups excluding carboxylic acids is 1. The van der Waals surface area contributed by atoms with Crippen LogP contribution in [-0.2, 0) is 16.6 Å². The van der Waals surface area contributed by atoms with Gasteiger partial charge in [0, 0.05) is 10.6 Å². The summed E-state index contributed by atoms with van der Waals surface area (Å²) in [6.45, 7) is 2.22. The number of sulfonamides is 1. The first-order chi connectivity index (χ1) is 10.4. The SMILES string of the molecule is CNS(=O)(=O)c1ccc(C)c(NC(=O)NCc2cccs2)c1. The Hall–Kier alpha value is -1.90. The van der Waals surface area contributed by atoms with E-state index in [2.05, 4.69) is 15.4 Å². The Labute approximate surface area is 133 Å². The summed E-state index contributed by atoms with van der Waals surface area (Å²) in [7, 11) is -2.20. The number of thiophene rings is 1. The van der Waals surface area contributed by atoms with Crippen LogP contribution in [0.15, 0.2) is 40.6 Å². The van der Waals surface area contributed by atoms with Gasteiger partial charge in [-0.05, 0) is 43.1 Å². The van der Waals surface area contributed by atoms with Crippen molar-refractivity contribution in [3.05, 3.63) is 46.2 Å². The van der Waals surface area contributed by atoms with Gasteiger partial charge in [-0.15, -0.1) is 11.3 Å². The minimum atomic E-state index is -3.54. The third-order valence-corrected chi connectivity index (χ3v) is 5.33. The van der Waals surface area contributed by atoms with E-state index in [0.29, 0.717) is 12.2 Å². The van der Waals surface area contributed by atoms with Crippen LogP contribution in [-0.4, -0.2) is 21.5 Å². The fraction of sp³-hybridized carbons (Fsp3) is 0.214. The fourth-order valence-electron chi connectivity index (χ4n) is 1.77. The summed E-state index contributed by atoms with van der Waals surface area (Å²) in [5.74, 6) is 0. The molecule has 0 atom stereocenters. The van der Waals surface area contributed by atoms with Crippen LogP contribution in [0.5, 0.6) is 0 Å². The molecule has 0 aliphatic rings. The van der Waals surface area contributed by atoms with Crippen molar-refractivity contribution in [1.82, 2.24) is 10.0 Å². The first-order valence-electron chi connectivity index (χ1n) is 6.54. The zero-order valence-electron chi connectivity index (χ0n) is 12.2. The molecule has 0 unspecified atom stereocenters. The molecule has 0 saturated heterocycles. The molecule has 0 saturated carbocycles. The van der Waals surface area contributed by atoms with Gasteiger partial charge >= 0.3 is 6.03 Å². The van der Waals surface area contributed by atoms with Crippen molar-refractivity contribution in [2.45, 2.75) is 18.4 Å². The first-order valence-corrected chi connectivity index (χ1v) is 8.90. The molecular formula is C14H17N3O3S2. The van der Waals surface area contributed by atoms with Crippen molar-refractivity contribution >= 4 is 33.1 Å². The second kappa shape index (κ2) is 6.91. The summed E-state index contributed by atoms with van der Waals surface area (Å²) in [5, 5.41) is 7.34. The molecule has 8 heteroatoms. The Bertz CT molecular complexity index is 756. The molecule has 1 aromatic carbocycles. The minimum Gasteiger partial charge on any atom is -0.333 e. The smallest absolute Gasteiger partial charge is 0.319 e. The molecule has 118 valence electrons. The summed E-state index contributed by atoms with van der Waals surface area (Å²) < 4.78 is 25.8. The van der Waals surface area contributed by atoms with Crippen molar-refractivity contribution in [3.8, 4) is 0 Å². The molecule has 1 heterocycles. The molecule has 6 nitrogen and oxygen atoms in total. The molecule has 1 aromatic heterocycles. The summed E-state index contributed by atoms with van der Waals surface area (Å²) in [6, 6.07) is 8.04. The molecule has 2 aromatic rings. The lowest BCUT2D eigenvalue weighted by molar-refractivity contribution is 0.252. The van der Waals surface area contributed by atoms with E-state index in [1.807, 2.05) is 17.5 Å². The average Bonchev–Trinajstić information content (AvgIpc) is 3.00. The third kappa shape index (κ3) is 4.06. The Morgan fingerprint density at radius 2 is 2.05 bits per heavy atom. The summed E-state index contributed by atoms with van der Waals surface area (Å²) in [5.41, 5.74) is 1.24. The number of hydrogen-bond acceptors (Lipinski definition) is 4. The van der Waals surface area contributed by atoms with Crippen LogP contribution in [0.4, 0.5) is 10.5 Å². The number of benzene rings is 1. The predicted octanol–water partition coefficient (Wildman–Crippen LogP) is 2.29. The van der Waals surface area contributed by atoms with Gasteiger partial charge in [-0.2, -0.15) is 0 Å². The highest BCUT2D eigenvalue weighted by Crippen LogP contribution is 2.20. The maximum atomic E-state index is 11.9. The number of hydrogen-bond donors (Lipinski definition) is 3. The number of anilines is 1. The van der Waals surface area contributed by atoms with Crippen LogP contribution in [0.3, 0.4) is 0 Å². The minimum absolute atomic E-state index is 0.106. The van der Waals surface area contributed by atoms with Crippen molar-refractivity contribution < 1.29 is 13.2 Å². The quantitative estimate of drug-likeness (QED) is 0.781. The number of rotatable bonds is 5. The van der Waals surface area contributed by atoms with E-state index in [1.165, 1.54) is 19.2 Å². The van der Waals surface area contributed by atoms with E-state index in [9.17, 15) is 13.2 Å². The maximum absolute atomic E-state index is 11.9. The van der Waals surface area contributed by atoms with Crippen LogP contribution in [0.1, 0.15) is 10.4 Å². The summed E-state index contributed by atoms with van der Waals surface area (Å²) in [6.07, 6.45) is 0. The van der Waals surface area contributed by atoms with E-state index in [4.69, 9.17) is 0 Å². The van der Waals surface area contributed by atoms with Gasteiger partial charge in [-0.3, -0.25) is 0 Å². The molecule has 0 aliphatic carbocycles. The van der Waals surface area contributed by atoms with Gasteiger partial charge in [-0.1, -0.05) is 12.1 Å².